The third kappa shape index (κ3) is 3.31. The van der Waals surface area contributed by atoms with Gasteiger partial charge >= 0.3 is 0 Å². The van der Waals surface area contributed by atoms with Crippen molar-refractivity contribution < 1.29 is 9.15 Å². The molecule has 3 nitrogen and oxygen atoms in total. The lowest BCUT2D eigenvalue weighted by Gasteiger charge is -2.08. The monoisotopic (exact) mass is 277 g/mol. The van der Waals surface area contributed by atoms with Gasteiger partial charge in [-0.1, -0.05) is 23.7 Å². The summed E-state index contributed by atoms with van der Waals surface area (Å²) < 4.78 is 11.2. The number of nitrogens with one attached hydrogen (secondary N) is 1. The minimum atomic E-state index is 0.401. The van der Waals surface area contributed by atoms with Crippen LogP contribution < -0.4 is 10.1 Å². The maximum atomic E-state index is 6.05. The summed E-state index contributed by atoms with van der Waals surface area (Å²) in [6.45, 7) is 1.24. The van der Waals surface area contributed by atoms with E-state index in [0.717, 1.165) is 17.9 Å². The van der Waals surface area contributed by atoms with Crippen molar-refractivity contribution in [1.82, 2.24) is 5.32 Å². The standard InChI is InChI=1S/C15H16ClNO2/c16-13-3-1-2-4-14(13)19-10-15-11(7-8-18-15)9-17-12-5-6-12/h1-4,7-8,12,17H,5-6,9-10H2. The molecule has 4 heteroatoms. The summed E-state index contributed by atoms with van der Waals surface area (Å²) >= 11 is 6.05. The van der Waals surface area contributed by atoms with Crippen molar-refractivity contribution in [3.8, 4) is 5.75 Å². The molecular formula is C15H16ClNO2. The first-order chi connectivity index (χ1) is 9.33. The lowest BCUT2D eigenvalue weighted by molar-refractivity contribution is 0.268. The van der Waals surface area contributed by atoms with Crippen LogP contribution in [0.2, 0.25) is 5.02 Å². The van der Waals surface area contributed by atoms with Crippen LogP contribution >= 0.6 is 11.6 Å². The zero-order valence-electron chi connectivity index (χ0n) is 10.6. The van der Waals surface area contributed by atoms with Gasteiger partial charge < -0.3 is 14.5 Å². The molecule has 2 aromatic rings. The van der Waals surface area contributed by atoms with Crippen molar-refractivity contribution in [1.29, 1.82) is 0 Å². The Kier molecular flexibility index (Phi) is 3.76. The van der Waals surface area contributed by atoms with Crippen molar-refractivity contribution in [2.45, 2.75) is 32.0 Å². The van der Waals surface area contributed by atoms with Crippen molar-refractivity contribution in [3.05, 3.63) is 52.9 Å². The van der Waals surface area contributed by atoms with Gasteiger partial charge in [0.1, 0.15) is 18.1 Å². The Labute approximate surface area is 117 Å². The topological polar surface area (TPSA) is 34.4 Å². The fraction of sp³-hybridized carbons (Fsp3) is 0.333. The summed E-state index contributed by atoms with van der Waals surface area (Å²) in [5.41, 5.74) is 1.15. The van der Waals surface area contributed by atoms with Gasteiger partial charge in [-0.15, -0.1) is 0 Å². The number of halogens is 1. The first kappa shape index (κ1) is 12.6. The molecule has 1 aliphatic carbocycles. The van der Waals surface area contributed by atoms with Gasteiger partial charge in [-0.2, -0.15) is 0 Å². The molecule has 0 bridgehead atoms. The molecule has 1 aliphatic rings. The molecule has 100 valence electrons. The van der Waals surface area contributed by atoms with E-state index < -0.39 is 0 Å². The molecule has 1 aromatic carbocycles. The Hall–Kier alpha value is -1.45. The number of furan rings is 1. The number of ether oxygens (including phenoxy) is 1. The Morgan fingerprint density at radius 3 is 2.89 bits per heavy atom. The molecule has 1 saturated carbocycles. The van der Waals surface area contributed by atoms with Gasteiger partial charge in [0, 0.05) is 18.2 Å². The second-order valence-corrected chi connectivity index (χ2v) is 5.15. The van der Waals surface area contributed by atoms with Gasteiger partial charge in [-0.05, 0) is 31.0 Å². The van der Waals surface area contributed by atoms with Crippen LogP contribution in [0.5, 0.6) is 5.75 Å². The first-order valence-electron chi connectivity index (χ1n) is 6.49. The van der Waals surface area contributed by atoms with Gasteiger partial charge in [-0.3, -0.25) is 0 Å². The molecular weight excluding hydrogens is 262 g/mol. The fourth-order valence-electron chi connectivity index (χ4n) is 1.90. The van der Waals surface area contributed by atoms with Crippen LogP contribution in [-0.4, -0.2) is 6.04 Å². The van der Waals surface area contributed by atoms with E-state index in [4.69, 9.17) is 20.8 Å². The lowest BCUT2D eigenvalue weighted by atomic mass is 10.2. The van der Waals surface area contributed by atoms with Crippen LogP contribution in [0.1, 0.15) is 24.2 Å². The van der Waals surface area contributed by atoms with Crippen molar-refractivity contribution in [2.75, 3.05) is 0 Å². The van der Waals surface area contributed by atoms with E-state index in [2.05, 4.69) is 5.32 Å². The lowest BCUT2D eigenvalue weighted by Crippen LogP contribution is -2.16. The molecule has 1 aromatic heterocycles. The molecule has 0 radical (unpaired) electrons. The van der Waals surface area contributed by atoms with Gasteiger partial charge in [0.05, 0.1) is 11.3 Å². The van der Waals surface area contributed by atoms with Gasteiger partial charge in [0.25, 0.3) is 0 Å². The zero-order valence-corrected chi connectivity index (χ0v) is 11.3. The smallest absolute Gasteiger partial charge is 0.146 e. The number of hydrogen-bond acceptors (Lipinski definition) is 3. The zero-order chi connectivity index (χ0) is 13.1. The quantitative estimate of drug-likeness (QED) is 0.873. The van der Waals surface area contributed by atoms with E-state index in [1.165, 1.54) is 12.8 Å². The third-order valence-corrected chi connectivity index (χ3v) is 3.50. The summed E-state index contributed by atoms with van der Waals surface area (Å²) in [4.78, 5) is 0. The van der Waals surface area contributed by atoms with Crippen LogP contribution in [0.15, 0.2) is 41.0 Å². The summed E-state index contributed by atoms with van der Waals surface area (Å²) in [5, 5.41) is 4.08. The van der Waals surface area contributed by atoms with Crippen molar-refractivity contribution in [2.24, 2.45) is 0 Å². The second-order valence-electron chi connectivity index (χ2n) is 4.74. The second kappa shape index (κ2) is 5.68. The van der Waals surface area contributed by atoms with Crippen LogP contribution in [0.4, 0.5) is 0 Å². The van der Waals surface area contributed by atoms with Gasteiger partial charge in [0.2, 0.25) is 0 Å². The number of benzene rings is 1. The Bertz CT molecular complexity index is 549. The van der Waals surface area contributed by atoms with Crippen LogP contribution in [0, 0.1) is 0 Å². The average molecular weight is 278 g/mol. The van der Waals surface area contributed by atoms with E-state index in [-0.39, 0.29) is 0 Å². The first-order valence-corrected chi connectivity index (χ1v) is 6.86. The molecule has 0 amide bonds. The van der Waals surface area contributed by atoms with Gasteiger partial charge in [0.15, 0.2) is 0 Å². The number of para-hydroxylation sites is 1. The highest BCUT2D eigenvalue weighted by atomic mass is 35.5. The summed E-state index contributed by atoms with van der Waals surface area (Å²) in [5.74, 6) is 1.54. The highest BCUT2D eigenvalue weighted by Crippen LogP contribution is 2.25. The minimum Gasteiger partial charge on any atom is -0.484 e. The van der Waals surface area contributed by atoms with Crippen LogP contribution in [-0.2, 0) is 13.2 Å². The minimum absolute atomic E-state index is 0.401. The van der Waals surface area contributed by atoms with E-state index in [1.807, 2.05) is 30.3 Å². The van der Waals surface area contributed by atoms with Crippen molar-refractivity contribution in [3.63, 3.8) is 0 Å². The average Bonchev–Trinajstić information content (AvgIpc) is 3.14. The Morgan fingerprint density at radius 1 is 1.26 bits per heavy atom. The molecule has 0 saturated heterocycles. The predicted octanol–water partition coefficient (Wildman–Crippen LogP) is 3.76. The normalized spacial score (nSPS) is 14.6. The predicted molar refractivity (Wildman–Crippen MR) is 74.4 cm³/mol. The molecule has 0 atom stereocenters. The maximum Gasteiger partial charge on any atom is 0.146 e. The maximum absolute atomic E-state index is 6.05. The van der Waals surface area contributed by atoms with Crippen LogP contribution in [0.3, 0.4) is 0 Å². The number of rotatable bonds is 6. The molecule has 0 spiro atoms. The van der Waals surface area contributed by atoms with E-state index in [0.29, 0.717) is 23.4 Å². The molecule has 0 unspecified atom stereocenters. The summed E-state index contributed by atoms with van der Waals surface area (Å²) in [6, 6.07) is 10.1. The SMILES string of the molecule is Clc1ccccc1OCc1occc1CNC1CC1. The molecule has 1 N–H and O–H groups in total. The molecule has 1 heterocycles. The molecule has 19 heavy (non-hydrogen) atoms. The van der Waals surface area contributed by atoms with E-state index in [9.17, 15) is 0 Å². The highest BCUT2D eigenvalue weighted by molar-refractivity contribution is 6.32. The number of hydrogen-bond donors (Lipinski definition) is 1. The fourth-order valence-corrected chi connectivity index (χ4v) is 2.09. The van der Waals surface area contributed by atoms with E-state index in [1.54, 1.807) is 6.26 Å². The van der Waals surface area contributed by atoms with E-state index >= 15 is 0 Å². The Balaban J connectivity index is 1.60. The summed E-state index contributed by atoms with van der Waals surface area (Å²) in [6.07, 6.45) is 4.27. The van der Waals surface area contributed by atoms with Gasteiger partial charge in [-0.25, -0.2) is 0 Å². The summed E-state index contributed by atoms with van der Waals surface area (Å²) in [7, 11) is 0. The molecule has 0 aliphatic heterocycles. The van der Waals surface area contributed by atoms with Crippen LogP contribution in [0.25, 0.3) is 0 Å². The highest BCUT2D eigenvalue weighted by Gasteiger charge is 2.21. The van der Waals surface area contributed by atoms with Crippen molar-refractivity contribution >= 4 is 11.6 Å². The molecule has 1 fully saturated rings. The third-order valence-electron chi connectivity index (χ3n) is 3.19. The Morgan fingerprint density at radius 2 is 2.11 bits per heavy atom. The largest absolute Gasteiger partial charge is 0.484 e. The molecule has 3 rings (SSSR count).